The minimum absolute atomic E-state index is 0.0186. The van der Waals surface area contributed by atoms with E-state index in [0.717, 1.165) is 18.4 Å². The monoisotopic (exact) mass is 379 g/mol. The Morgan fingerprint density at radius 2 is 1.86 bits per heavy atom. The van der Waals surface area contributed by atoms with E-state index >= 15 is 0 Å². The van der Waals surface area contributed by atoms with Crippen molar-refractivity contribution >= 4 is 17.9 Å². The molecule has 0 unspecified atom stereocenters. The van der Waals surface area contributed by atoms with Gasteiger partial charge in [-0.3, -0.25) is 9.59 Å². The fraction of sp³-hybridized carbons (Fsp3) is 0.273. The van der Waals surface area contributed by atoms with Crippen molar-refractivity contribution in [3.63, 3.8) is 0 Å². The second-order valence-corrected chi connectivity index (χ2v) is 6.99. The number of hydrogen-bond acceptors (Lipinski definition) is 4. The van der Waals surface area contributed by atoms with E-state index in [0.29, 0.717) is 31.1 Å². The van der Waals surface area contributed by atoms with Crippen LogP contribution in [-0.2, 0) is 11.3 Å². The molecule has 1 aliphatic heterocycles. The van der Waals surface area contributed by atoms with Crippen LogP contribution < -0.4 is 11.5 Å². The first-order chi connectivity index (χ1) is 13.5. The highest BCUT2D eigenvalue weighted by Crippen LogP contribution is 2.29. The third-order valence-electron chi connectivity index (χ3n) is 5.19. The van der Waals surface area contributed by atoms with Crippen molar-refractivity contribution in [1.29, 1.82) is 0 Å². The quantitative estimate of drug-likeness (QED) is 0.693. The minimum atomic E-state index is -0.731. The lowest BCUT2D eigenvalue weighted by Gasteiger charge is -2.31. The summed E-state index contributed by atoms with van der Waals surface area (Å²) in [7, 11) is 0. The van der Waals surface area contributed by atoms with Gasteiger partial charge in [-0.2, -0.15) is 0 Å². The van der Waals surface area contributed by atoms with Gasteiger partial charge in [0, 0.05) is 25.7 Å². The molecule has 0 saturated carbocycles. The predicted molar refractivity (Wildman–Crippen MR) is 109 cm³/mol. The predicted octanol–water partition coefficient (Wildman–Crippen LogP) is 2.37. The van der Waals surface area contributed by atoms with Crippen LogP contribution >= 0.6 is 0 Å². The highest BCUT2D eigenvalue weighted by Gasteiger charge is 2.23. The second-order valence-electron chi connectivity index (χ2n) is 6.99. The molecule has 6 nitrogen and oxygen atoms in total. The van der Waals surface area contributed by atoms with Gasteiger partial charge in [0.15, 0.2) is 0 Å². The van der Waals surface area contributed by atoms with Crippen molar-refractivity contribution in [1.82, 2.24) is 4.90 Å². The van der Waals surface area contributed by atoms with Gasteiger partial charge >= 0.3 is 0 Å². The largest absolute Gasteiger partial charge is 0.507 e. The Kier molecular flexibility index (Phi) is 6.11. The molecule has 0 spiro atoms. The first kappa shape index (κ1) is 19.6. The van der Waals surface area contributed by atoms with Gasteiger partial charge in [0.25, 0.3) is 5.91 Å². The van der Waals surface area contributed by atoms with Gasteiger partial charge in [-0.1, -0.05) is 36.4 Å². The van der Waals surface area contributed by atoms with Crippen LogP contribution in [0, 0.1) is 0 Å². The van der Waals surface area contributed by atoms with Crippen LogP contribution in [0.3, 0.4) is 0 Å². The van der Waals surface area contributed by atoms with Crippen LogP contribution in [0.15, 0.2) is 48.5 Å². The third-order valence-corrected chi connectivity index (χ3v) is 5.19. The van der Waals surface area contributed by atoms with Crippen LogP contribution in [0.4, 0.5) is 0 Å². The van der Waals surface area contributed by atoms with E-state index in [9.17, 15) is 14.7 Å². The van der Waals surface area contributed by atoms with Crippen molar-refractivity contribution in [3.8, 4) is 5.75 Å². The number of primary amides is 1. The smallest absolute Gasteiger partial charge is 0.253 e. The summed E-state index contributed by atoms with van der Waals surface area (Å²) in [6.45, 7) is 1.87. The van der Waals surface area contributed by atoms with Crippen LogP contribution in [-0.4, -0.2) is 34.9 Å². The first-order valence-corrected chi connectivity index (χ1v) is 9.37. The molecule has 0 aromatic heterocycles. The van der Waals surface area contributed by atoms with E-state index < -0.39 is 5.91 Å². The van der Waals surface area contributed by atoms with E-state index in [1.165, 1.54) is 23.8 Å². The summed E-state index contributed by atoms with van der Waals surface area (Å²) >= 11 is 0. The zero-order chi connectivity index (χ0) is 20.1. The summed E-state index contributed by atoms with van der Waals surface area (Å²) in [5.74, 6) is -0.617. The Bertz CT molecular complexity index is 900. The van der Waals surface area contributed by atoms with Gasteiger partial charge in [-0.05, 0) is 47.6 Å². The molecule has 1 saturated heterocycles. The molecular weight excluding hydrogens is 354 g/mol. The van der Waals surface area contributed by atoms with E-state index in [1.807, 2.05) is 12.1 Å². The van der Waals surface area contributed by atoms with Gasteiger partial charge in [0.05, 0.1) is 5.56 Å². The Labute approximate surface area is 164 Å². The van der Waals surface area contributed by atoms with E-state index in [1.54, 1.807) is 17.0 Å². The lowest BCUT2D eigenvalue weighted by atomic mass is 9.88. The van der Waals surface area contributed by atoms with E-state index in [-0.39, 0.29) is 17.2 Å². The van der Waals surface area contributed by atoms with Crippen LogP contribution in [0.25, 0.3) is 6.08 Å². The molecule has 6 heteroatoms. The number of benzene rings is 2. The molecule has 3 rings (SSSR count). The lowest BCUT2D eigenvalue weighted by molar-refractivity contribution is -0.126. The number of piperidine rings is 1. The second kappa shape index (κ2) is 8.71. The maximum Gasteiger partial charge on any atom is 0.253 e. The number of amides is 2. The number of likely N-dealkylation sites (tertiary alicyclic amines) is 1. The van der Waals surface area contributed by atoms with Crippen LogP contribution in [0.5, 0.6) is 5.75 Å². The Morgan fingerprint density at radius 1 is 1.14 bits per heavy atom. The van der Waals surface area contributed by atoms with Gasteiger partial charge in [-0.15, -0.1) is 0 Å². The molecule has 2 amide bonds. The van der Waals surface area contributed by atoms with Crippen molar-refractivity contribution < 1.29 is 14.7 Å². The number of nitrogens with two attached hydrogens (primary N) is 2. The topological polar surface area (TPSA) is 110 Å². The lowest BCUT2D eigenvalue weighted by Crippen LogP contribution is -2.36. The number of nitrogens with zero attached hydrogens (tertiary/aromatic N) is 1. The zero-order valence-corrected chi connectivity index (χ0v) is 15.7. The molecule has 0 bridgehead atoms. The number of carbonyl (C=O) groups excluding carboxylic acids is 2. The minimum Gasteiger partial charge on any atom is -0.507 e. The average Bonchev–Trinajstić information content (AvgIpc) is 2.72. The highest BCUT2D eigenvalue weighted by molar-refractivity contribution is 6.01. The van der Waals surface area contributed by atoms with E-state index in [2.05, 4.69) is 12.1 Å². The van der Waals surface area contributed by atoms with Crippen molar-refractivity contribution in [2.45, 2.75) is 25.3 Å². The van der Waals surface area contributed by atoms with Gasteiger partial charge in [0.2, 0.25) is 5.91 Å². The Hall–Kier alpha value is -3.12. The first-order valence-electron chi connectivity index (χ1n) is 9.37. The van der Waals surface area contributed by atoms with Gasteiger partial charge in [0.1, 0.15) is 5.75 Å². The van der Waals surface area contributed by atoms with Crippen LogP contribution in [0.1, 0.15) is 45.8 Å². The molecule has 0 aliphatic carbocycles. The summed E-state index contributed by atoms with van der Waals surface area (Å²) in [5, 5.41) is 9.81. The molecule has 2 aromatic carbocycles. The van der Waals surface area contributed by atoms with Crippen molar-refractivity contribution in [3.05, 3.63) is 70.8 Å². The van der Waals surface area contributed by atoms with Crippen molar-refractivity contribution in [2.24, 2.45) is 11.5 Å². The number of phenols is 1. The summed E-state index contributed by atoms with van der Waals surface area (Å²) in [4.78, 5) is 25.9. The standard InChI is InChI=1S/C22H25N3O3/c23-14-15-3-1-5-18(13-15)16-9-11-25(12-10-16)20(27)8-7-17-4-2-6-19(26)21(17)22(24)28/h1-8,13,16,26H,9-12,14,23H2,(H2,24,28)/b8-7+. The molecule has 1 heterocycles. The maximum absolute atomic E-state index is 12.5. The summed E-state index contributed by atoms with van der Waals surface area (Å²) in [5.41, 5.74) is 13.9. The Morgan fingerprint density at radius 3 is 2.54 bits per heavy atom. The fourth-order valence-corrected chi connectivity index (χ4v) is 3.64. The van der Waals surface area contributed by atoms with Crippen molar-refractivity contribution in [2.75, 3.05) is 13.1 Å². The molecule has 1 aliphatic rings. The highest BCUT2D eigenvalue weighted by atomic mass is 16.3. The SMILES string of the molecule is NCc1cccc(C2CCN(C(=O)/C=C/c3cccc(O)c3C(N)=O)CC2)c1. The molecule has 28 heavy (non-hydrogen) atoms. The summed E-state index contributed by atoms with van der Waals surface area (Å²) in [6.07, 6.45) is 4.74. The molecule has 2 aromatic rings. The average molecular weight is 379 g/mol. The number of hydrogen-bond donors (Lipinski definition) is 3. The third kappa shape index (κ3) is 4.40. The molecule has 0 atom stereocenters. The molecule has 5 N–H and O–H groups in total. The van der Waals surface area contributed by atoms with Gasteiger partial charge < -0.3 is 21.5 Å². The van der Waals surface area contributed by atoms with Gasteiger partial charge in [-0.25, -0.2) is 0 Å². The summed E-state index contributed by atoms with van der Waals surface area (Å²) < 4.78 is 0. The molecule has 1 fully saturated rings. The number of rotatable bonds is 5. The van der Waals surface area contributed by atoms with E-state index in [4.69, 9.17) is 11.5 Å². The number of carbonyl (C=O) groups is 2. The molecule has 0 radical (unpaired) electrons. The Balaban J connectivity index is 1.64. The zero-order valence-electron chi connectivity index (χ0n) is 15.7. The normalized spacial score (nSPS) is 15.1. The summed E-state index contributed by atoms with van der Waals surface area (Å²) in [6, 6.07) is 13.0. The maximum atomic E-state index is 12.5. The molecular formula is C22H25N3O3. The number of aromatic hydroxyl groups is 1. The van der Waals surface area contributed by atoms with Crippen LogP contribution in [0.2, 0.25) is 0 Å². The molecule has 146 valence electrons. The fourth-order valence-electron chi connectivity index (χ4n) is 3.64.